The molecule has 19 heteroatoms. The van der Waals surface area contributed by atoms with Crippen molar-refractivity contribution >= 4 is 26.3 Å². The highest BCUT2D eigenvalue weighted by Gasteiger charge is 2.54. The number of benzene rings is 1. The number of hydrogen-bond donors (Lipinski definition) is 4. The van der Waals surface area contributed by atoms with Gasteiger partial charge in [0.05, 0.1) is 30.8 Å². The molecule has 0 saturated carbocycles. The van der Waals surface area contributed by atoms with Gasteiger partial charge in [0, 0.05) is 25.4 Å². The molecule has 4 aliphatic heterocycles. The monoisotopic (exact) mass is 789 g/mol. The summed E-state index contributed by atoms with van der Waals surface area (Å²) < 4.78 is 42.9. The second-order valence-corrected chi connectivity index (χ2v) is 16.5. The summed E-state index contributed by atoms with van der Waals surface area (Å²) in [6, 6.07) is 7.35. The highest BCUT2D eigenvalue weighted by atomic mass is 31.1. The first-order valence-electron chi connectivity index (χ1n) is 18.0. The number of aromatic nitrogens is 2. The van der Waals surface area contributed by atoms with Crippen molar-refractivity contribution in [3.8, 4) is 5.75 Å². The van der Waals surface area contributed by atoms with E-state index < -0.39 is 89.9 Å². The van der Waals surface area contributed by atoms with Gasteiger partial charge in [0.15, 0.2) is 18.1 Å². The third-order valence-electron chi connectivity index (χ3n) is 9.91. The molecule has 0 spiro atoms. The van der Waals surface area contributed by atoms with Crippen LogP contribution in [0, 0.1) is 0 Å². The molecule has 5 heterocycles. The topological polar surface area (TPSA) is 230 Å². The molecule has 1 aromatic heterocycles. The van der Waals surface area contributed by atoms with Gasteiger partial charge in [-0.05, 0) is 63.8 Å². The zero-order valence-electron chi connectivity index (χ0n) is 31.2. The predicted octanol–water partition coefficient (Wildman–Crippen LogP) is -0.0677. The Balaban J connectivity index is 1.20. The number of nitrogens with one attached hydrogen (secondary N) is 2. The van der Waals surface area contributed by atoms with Crippen LogP contribution < -0.4 is 32.4 Å². The fraction of sp³-hybridized carbons (Fsp3) is 0.583. The van der Waals surface area contributed by atoms with Crippen molar-refractivity contribution in [3.63, 3.8) is 0 Å². The van der Waals surface area contributed by atoms with E-state index in [1.807, 2.05) is 20.8 Å². The van der Waals surface area contributed by atoms with Crippen molar-refractivity contribution in [2.24, 2.45) is 5.73 Å². The molecule has 2 aromatic rings. The number of fused-ring (bicyclic) bond motifs is 1. The maximum atomic E-state index is 13.6. The lowest BCUT2D eigenvalue weighted by Gasteiger charge is -2.35. The lowest BCUT2D eigenvalue weighted by Crippen LogP contribution is -2.53. The molecule has 3 amide bonds. The van der Waals surface area contributed by atoms with E-state index in [2.05, 4.69) is 10.6 Å². The van der Waals surface area contributed by atoms with Gasteiger partial charge in [-0.2, -0.15) is 0 Å². The van der Waals surface area contributed by atoms with Crippen LogP contribution in [0.5, 0.6) is 5.75 Å². The van der Waals surface area contributed by atoms with Gasteiger partial charge in [0.2, 0.25) is 18.1 Å². The number of rotatable bonds is 13. The fourth-order valence-electron chi connectivity index (χ4n) is 7.16. The van der Waals surface area contributed by atoms with Crippen LogP contribution in [0.15, 0.2) is 58.0 Å². The van der Waals surface area contributed by atoms with E-state index in [4.69, 9.17) is 38.9 Å². The number of nitrogens with two attached hydrogens (primary N) is 1. The number of ether oxygens (including phenoxy) is 7. The number of nitrogens with zero attached hydrogens (tertiary/aromatic N) is 2. The highest BCUT2D eigenvalue weighted by Crippen LogP contribution is 2.51. The van der Waals surface area contributed by atoms with Crippen LogP contribution in [0.25, 0.3) is 0 Å². The number of carbonyl (C=O) groups is 3. The number of methoxy groups -OCH3 is 2. The van der Waals surface area contributed by atoms with Gasteiger partial charge in [-0.3, -0.25) is 23.7 Å². The molecule has 0 aliphatic carbocycles. The van der Waals surface area contributed by atoms with Gasteiger partial charge < -0.3 is 54.6 Å². The van der Waals surface area contributed by atoms with Gasteiger partial charge >= 0.3 is 5.69 Å². The van der Waals surface area contributed by atoms with Crippen molar-refractivity contribution in [3.05, 3.63) is 74.8 Å². The number of carbonyl (C=O) groups excluding carboxylic acids is 3. The van der Waals surface area contributed by atoms with E-state index in [1.54, 1.807) is 31.4 Å². The van der Waals surface area contributed by atoms with Gasteiger partial charge in [-0.1, -0.05) is 20.7 Å². The first-order valence-corrected chi connectivity index (χ1v) is 19.1. The number of aliphatic hydroxyl groups excluding tert-OH is 1. The third kappa shape index (κ3) is 8.96. The van der Waals surface area contributed by atoms with Gasteiger partial charge in [0.1, 0.15) is 36.8 Å². The van der Waals surface area contributed by atoms with Gasteiger partial charge in [0.25, 0.3) is 11.5 Å². The quantitative estimate of drug-likeness (QED) is 0.195. The number of hydrogen-bond acceptors (Lipinski definition) is 13. The second-order valence-electron chi connectivity index (χ2n) is 14.4. The van der Waals surface area contributed by atoms with E-state index in [9.17, 15) is 29.1 Å². The van der Waals surface area contributed by atoms with E-state index in [-0.39, 0.29) is 32.9 Å². The Hall–Kier alpha value is -4.16. The molecule has 0 bridgehead atoms. The molecule has 6 rings (SSSR count). The van der Waals surface area contributed by atoms with Crippen molar-refractivity contribution in [1.82, 2.24) is 19.8 Å². The van der Waals surface area contributed by atoms with E-state index >= 15 is 0 Å². The molecule has 3 fully saturated rings. The molecule has 1 aromatic carbocycles. The standard InChI is InChI=1S/C36H48N5O13P/c1-18-7-6-8-21(31(45)38-18)39-32(46)23-15-22-29(55-36(2,3)54-22)34(51-23)53-28(30(37)44)27-26(49-5)25(43)33(52-27)40-14-13-24(42)41(35(40)47)17-50-16-19-9-11-20(48-4)12-10-19/h9-15,18,21-22,25-29,33-34,43,55H,6-8,16-17H2,1-5H3,(H2,37,44)(H,38,45)(H,39,46)/t18-,21+,22+,25-,26+,27+,28?,29+,33-,34-/m1/s1. The summed E-state index contributed by atoms with van der Waals surface area (Å²) in [5.41, 5.74) is 4.65. The highest BCUT2D eigenvalue weighted by molar-refractivity contribution is 7.41. The molecule has 3 saturated heterocycles. The summed E-state index contributed by atoms with van der Waals surface area (Å²) >= 11 is 0. The third-order valence-corrected chi connectivity index (χ3v) is 11.7. The zero-order chi connectivity index (χ0) is 39.6. The molecule has 18 nitrogen and oxygen atoms in total. The van der Waals surface area contributed by atoms with Crippen LogP contribution in [0.1, 0.15) is 51.8 Å². The van der Waals surface area contributed by atoms with Crippen LogP contribution in [-0.2, 0) is 56.1 Å². The molecule has 300 valence electrons. The zero-order valence-corrected chi connectivity index (χ0v) is 32.2. The molecular formula is C36H48N5O13P. The minimum atomic E-state index is -1.63. The Kier molecular flexibility index (Phi) is 12.5. The maximum Gasteiger partial charge on any atom is 0.335 e. The van der Waals surface area contributed by atoms with E-state index in [1.165, 1.54) is 13.2 Å². The fourth-order valence-corrected chi connectivity index (χ4v) is 8.77. The summed E-state index contributed by atoms with van der Waals surface area (Å²) in [6.45, 7) is 5.32. The predicted molar refractivity (Wildman–Crippen MR) is 195 cm³/mol. The Labute approximate surface area is 318 Å². The SMILES string of the molecule is COc1ccc(COCn2c(=O)ccn([C@@H]3O[C@H](C(O[C@H]4OC(C(=O)N[C@H]5CCC[C@@H](C)NC5=O)=C[C@@H]5OC(C)(C)P[C@H]45)C(N)=O)[C@@H](OC)[C@H]3O)c2=O)cc1. The molecule has 2 unspecified atom stereocenters. The summed E-state index contributed by atoms with van der Waals surface area (Å²) in [6.07, 6.45) is -4.57. The average Bonchev–Trinajstić information content (AvgIpc) is 3.58. The van der Waals surface area contributed by atoms with Crippen LogP contribution >= 0.6 is 8.58 Å². The van der Waals surface area contributed by atoms with Crippen LogP contribution in [0.2, 0.25) is 0 Å². The second kappa shape index (κ2) is 16.9. The first kappa shape index (κ1) is 40.5. The van der Waals surface area contributed by atoms with Crippen molar-refractivity contribution in [1.29, 1.82) is 0 Å². The molecule has 11 atom stereocenters. The summed E-state index contributed by atoms with van der Waals surface area (Å²) in [5.74, 6) is -1.49. The van der Waals surface area contributed by atoms with Crippen LogP contribution in [0.4, 0.5) is 0 Å². The van der Waals surface area contributed by atoms with Gasteiger partial charge in [-0.25, -0.2) is 9.36 Å². The number of aliphatic hydroxyl groups is 1. The van der Waals surface area contributed by atoms with Crippen molar-refractivity contribution in [2.75, 3.05) is 14.2 Å². The number of amides is 3. The summed E-state index contributed by atoms with van der Waals surface area (Å²) in [4.78, 5) is 65.8. The Morgan fingerprint density at radius 3 is 2.58 bits per heavy atom. The lowest BCUT2D eigenvalue weighted by molar-refractivity contribution is -0.206. The summed E-state index contributed by atoms with van der Waals surface area (Å²) in [5, 5.41) is 16.4. The maximum absolute atomic E-state index is 13.6. The minimum absolute atomic E-state index is 0.0268. The average molecular weight is 790 g/mol. The molecule has 0 radical (unpaired) electrons. The van der Waals surface area contributed by atoms with Crippen LogP contribution in [0.3, 0.4) is 0 Å². The molecule has 5 N–H and O–H groups in total. The van der Waals surface area contributed by atoms with Gasteiger partial charge in [-0.15, -0.1) is 0 Å². The van der Waals surface area contributed by atoms with Crippen molar-refractivity contribution in [2.45, 2.75) is 119 Å². The minimum Gasteiger partial charge on any atom is -0.497 e. The molecular weight excluding hydrogens is 741 g/mol. The Morgan fingerprint density at radius 2 is 1.89 bits per heavy atom. The first-order chi connectivity index (χ1) is 26.2. The largest absolute Gasteiger partial charge is 0.497 e. The van der Waals surface area contributed by atoms with E-state index in [0.29, 0.717) is 12.2 Å². The summed E-state index contributed by atoms with van der Waals surface area (Å²) in [7, 11) is 2.92. The van der Waals surface area contributed by atoms with Crippen molar-refractivity contribution < 1.29 is 52.6 Å². The molecule has 4 aliphatic rings. The van der Waals surface area contributed by atoms with Crippen LogP contribution in [-0.4, -0.2) is 106 Å². The number of primary amides is 1. The normalized spacial score (nSPS) is 31.1. The molecule has 55 heavy (non-hydrogen) atoms. The Bertz CT molecular complexity index is 1880. The Morgan fingerprint density at radius 1 is 1.15 bits per heavy atom. The smallest absolute Gasteiger partial charge is 0.335 e. The lowest BCUT2D eigenvalue weighted by atomic mass is 10.0. The van der Waals surface area contributed by atoms with E-state index in [0.717, 1.165) is 39.8 Å².